The largest absolute Gasteiger partial charge is 0.308 e. The maximum atomic E-state index is 5.33. The zero-order chi connectivity index (χ0) is 12.1. The first kappa shape index (κ1) is 12.0. The van der Waals surface area contributed by atoms with Crippen molar-refractivity contribution in [2.45, 2.75) is 17.6 Å². The van der Waals surface area contributed by atoms with E-state index in [0.29, 0.717) is 5.82 Å². The third-order valence-corrected chi connectivity index (χ3v) is 3.43. The number of aromatic nitrogens is 1. The number of pyridine rings is 1. The molecule has 3 nitrogen and oxygen atoms in total. The number of nitrogen functional groups attached to an aromatic ring is 1. The van der Waals surface area contributed by atoms with Gasteiger partial charge in [-0.2, -0.15) is 0 Å². The van der Waals surface area contributed by atoms with E-state index in [1.165, 1.54) is 16.0 Å². The van der Waals surface area contributed by atoms with Gasteiger partial charge in [0.2, 0.25) is 0 Å². The fourth-order valence-corrected chi connectivity index (χ4v) is 2.47. The molecule has 0 bridgehead atoms. The Morgan fingerprint density at radius 3 is 2.94 bits per heavy atom. The summed E-state index contributed by atoms with van der Waals surface area (Å²) < 4.78 is 0. The first-order valence-electron chi connectivity index (χ1n) is 5.39. The van der Waals surface area contributed by atoms with Crippen LogP contribution in [0, 0.1) is 6.92 Å². The number of benzene rings is 1. The lowest BCUT2D eigenvalue weighted by Gasteiger charge is -2.04. The summed E-state index contributed by atoms with van der Waals surface area (Å²) in [7, 11) is 0. The summed E-state index contributed by atoms with van der Waals surface area (Å²) in [6.07, 6.45) is 1.77. The molecule has 2 rings (SSSR count). The number of thioether (sulfide) groups is 1. The number of hydrazine groups is 1. The third kappa shape index (κ3) is 3.47. The first-order chi connectivity index (χ1) is 8.28. The highest BCUT2D eigenvalue weighted by Crippen LogP contribution is 2.23. The van der Waals surface area contributed by atoms with Crippen LogP contribution in [0.15, 0.2) is 47.5 Å². The molecular weight excluding hydrogens is 230 g/mol. The van der Waals surface area contributed by atoms with Gasteiger partial charge < -0.3 is 5.43 Å². The number of hydrogen-bond acceptors (Lipinski definition) is 4. The average Bonchev–Trinajstić information content (AvgIpc) is 2.37. The van der Waals surface area contributed by atoms with E-state index in [1.807, 2.05) is 23.9 Å². The zero-order valence-electron chi connectivity index (χ0n) is 9.68. The number of rotatable bonds is 4. The molecule has 0 spiro atoms. The van der Waals surface area contributed by atoms with Crippen molar-refractivity contribution in [1.82, 2.24) is 4.98 Å². The van der Waals surface area contributed by atoms with Crippen molar-refractivity contribution >= 4 is 17.6 Å². The van der Waals surface area contributed by atoms with E-state index in [0.717, 1.165) is 5.75 Å². The fourth-order valence-electron chi connectivity index (χ4n) is 1.51. The monoisotopic (exact) mass is 245 g/mol. The zero-order valence-corrected chi connectivity index (χ0v) is 10.5. The minimum absolute atomic E-state index is 0.701. The molecule has 0 fully saturated rings. The van der Waals surface area contributed by atoms with Gasteiger partial charge in [-0.3, -0.25) is 0 Å². The topological polar surface area (TPSA) is 50.9 Å². The Hall–Kier alpha value is -1.52. The highest BCUT2D eigenvalue weighted by atomic mass is 32.2. The average molecular weight is 245 g/mol. The van der Waals surface area contributed by atoms with Gasteiger partial charge >= 0.3 is 0 Å². The standard InChI is InChI=1S/C13H15N3S/c1-10-3-2-4-12(7-10)17-9-11-5-6-15-13(8-11)16-14/h2-8H,9,14H2,1H3,(H,15,16). The molecule has 0 unspecified atom stereocenters. The molecule has 2 aromatic rings. The quantitative estimate of drug-likeness (QED) is 0.494. The van der Waals surface area contributed by atoms with Crippen LogP contribution >= 0.6 is 11.8 Å². The lowest BCUT2D eigenvalue weighted by molar-refractivity contribution is 1.20. The Morgan fingerprint density at radius 1 is 1.29 bits per heavy atom. The van der Waals surface area contributed by atoms with E-state index in [9.17, 15) is 0 Å². The molecule has 4 heteroatoms. The Balaban J connectivity index is 2.02. The molecule has 1 heterocycles. The number of anilines is 1. The predicted octanol–water partition coefficient (Wildman–Crippen LogP) is 2.97. The highest BCUT2D eigenvalue weighted by molar-refractivity contribution is 7.98. The first-order valence-corrected chi connectivity index (χ1v) is 6.37. The van der Waals surface area contributed by atoms with Gasteiger partial charge in [0.05, 0.1) is 0 Å². The third-order valence-electron chi connectivity index (χ3n) is 2.37. The number of nitrogens with two attached hydrogens (primary N) is 1. The van der Waals surface area contributed by atoms with Crippen LogP contribution in [-0.4, -0.2) is 4.98 Å². The summed E-state index contributed by atoms with van der Waals surface area (Å²) in [4.78, 5) is 5.36. The van der Waals surface area contributed by atoms with E-state index >= 15 is 0 Å². The summed E-state index contributed by atoms with van der Waals surface area (Å²) in [5.41, 5.74) is 5.05. The molecule has 0 aliphatic rings. The van der Waals surface area contributed by atoms with Crippen molar-refractivity contribution in [2.75, 3.05) is 5.43 Å². The summed E-state index contributed by atoms with van der Waals surface area (Å²) >= 11 is 1.81. The number of nitrogens with zero attached hydrogens (tertiary/aromatic N) is 1. The second kappa shape index (κ2) is 5.70. The number of hydrogen-bond donors (Lipinski definition) is 2. The van der Waals surface area contributed by atoms with E-state index in [-0.39, 0.29) is 0 Å². The minimum Gasteiger partial charge on any atom is -0.308 e. The van der Waals surface area contributed by atoms with Crippen LogP contribution in [-0.2, 0) is 5.75 Å². The molecule has 0 amide bonds. The van der Waals surface area contributed by atoms with Gasteiger partial charge in [0.1, 0.15) is 5.82 Å². The SMILES string of the molecule is Cc1cccc(SCc2ccnc(NN)c2)c1. The van der Waals surface area contributed by atoms with E-state index < -0.39 is 0 Å². The van der Waals surface area contributed by atoms with Crippen LogP contribution in [0.25, 0.3) is 0 Å². The molecule has 0 atom stereocenters. The van der Waals surface area contributed by atoms with Crippen molar-refractivity contribution in [3.05, 3.63) is 53.7 Å². The lowest BCUT2D eigenvalue weighted by Crippen LogP contribution is -2.08. The van der Waals surface area contributed by atoms with Gasteiger partial charge in [-0.1, -0.05) is 17.7 Å². The van der Waals surface area contributed by atoms with Gasteiger partial charge in [-0.25, -0.2) is 10.8 Å². The number of aryl methyl sites for hydroxylation is 1. The maximum Gasteiger partial charge on any atom is 0.140 e. The second-order valence-electron chi connectivity index (χ2n) is 3.80. The van der Waals surface area contributed by atoms with Crippen molar-refractivity contribution in [3.8, 4) is 0 Å². The molecule has 0 saturated carbocycles. The Kier molecular flexibility index (Phi) is 4.01. The molecule has 0 aliphatic carbocycles. The molecule has 1 aromatic carbocycles. The summed E-state index contributed by atoms with van der Waals surface area (Å²) in [6, 6.07) is 12.5. The lowest BCUT2D eigenvalue weighted by atomic mass is 10.2. The van der Waals surface area contributed by atoms with Crippen LogP contribution < -0.4 is 11.3 Å². The summed E-state index contributed by atoms with van der Waals surface area (Å²) in [6.45, 7) is 2.10. The van der Waals surface area contributed by atoms with Crippen LogP contribution in [0.3, 0.4) is 0 Å². The molecule has 17 heavy (non-hydrogen) atoms. The van der Waals surface area contributed by atoms with Crippen molar-refractivity contribution in [2.24, 2.45) is 5.84 Å². The molecule has 88 valence electrons. The van der Waals surface area contributed by atoms with Gasteiger partial charge in [0.25, 0.3) is 0 Å². The molecule has 0 aliphatic heterocycles. The second-order valence-corrected chi connectivity index (χ2v) is 4.85. The maximum absolute atomic E-state index is 5.33. The van der Waals surface area contributed by atoms with Crippen molar-refractivity contribution in [1.29, 1.82) is 0 Å². The predicted molar refractivity (Wildman–Crippen MR) is 72.8 cm³/mol. The smallest absolute Gasteiger partial charge is 0.140 e. The van der Waals surface area contributed by atoms with Gasteiger partial charge in [0.15, 0.2) is 0 Å². The fraction of sp³-hybridized carbons (Fsp3) is 0.154. The normalized spacial score (nSPS) is 10.2. The Bertz CT molecular complexity index is 500. The van der Waals surface area contributed by atoms with Crippen LogP contribution in [0.2, 0.25) is 0 Å². The number of nitrogens with one attached hydrogen (secondary N) is 1. The van der Waals surface area contributed by atoms with E-state index in [4.69, 9.17) is 5.84 Å². The van der Waals surface area contributed by atoms with Crippen LogP contribution in [0.1, 0.15) is 11.1 Å². The van der Waals surface area contributed by atoms with Crippen molar-refractivity contribution in [3.63, 3.8) is 0 Å². The molecule has 1 aromatic heterocycles. The molecule has 3 N–H and O–H groups in total. The Labute approximate surface area is 105 Å². The highest BCUT2D eigenvalue weighted by Gasteiger charge is 1.98. The molecular formula is C13H15N3S. The van der Waals surface area contributed by atoms with Gasteiger partial charge in [-0.05, 0) is 36.8 Å². The van der Waals surface area contributed by atoms with E-state index in [2.05, 4.69) is 41.6 Å². The Morgan fingerprint density at radius 2 is 2.18 bits per heavy atom. The summed E-state index contributed by atoms with van der Waals surface area (Å²) in [5, 5.41) is 0. The van der Waals surface area contributed by atoms with E-state index in [1.54, 1.807) is 6.20 Å². The minimum atomic E-state index is 0.701. The van der Waals surface area contributed by atoms with Gasteiger partial charge in [0, 0.05) is 16.8 Å². The van der Waals surface area contributed by atoms with Crippen LogP contribution in [0.5, 0.6) is 0 Å². The van der Waals surface area contributed by atoms with Gasteiger partial charge in [-0.15, -0.1) is 11.8 Å². The van der Waals surface area contributed by atoms with Crippen LogP contribution in [0.4, 0.5) is 5.82 Å². The molecule has 0 saturated heterocycles. The summed E-state index contributed by atoms with van der Waals surface area (Å²) in [5.74, 6) is 6.95. The molecule has 0 radical (unpaired) electrons. The van der Waals surface area contributed by atoms with Crippen molar-refractivity contribution < 1.29 is 0 Å².